The summed E-state index contributed by atoms with van der Waals surface area (Å²) in [6.07, 6.45) is 3.92. The minimum absolute atomic E-state index is 0.159. The first-order valence-corrected chi connectivity index (χ1v) is 9.49. The summed E-state index contributed by atoms with van der Waals surface area (Å²) < 4.78 is 1.86. The van der Waals surface area contributed by atoms with Crippen LogP contribution in [0.15, 0.2) is 36.5 Å². The Hall–Kier alpha value is -3.22. The summed E-state index contributed by atoms with van der Waals surface area (Å²) in [6, 6.07) is 9.00. The number of rotatable bonds is 6. The highest BCUT2D eigenvalue weighted by Crippen LogP contribution is 2.40. The molecule has 1 aliphatic carbocycles. The van der Waals surface area contributed by atoms with E-state index < -0.39 is 5.91 Å². The fourth-order valence-electron chi connectivity index (χ4n) is 3.30. The van der Waals surface area contributed by atoms with Crippen LogP contribution in [0.1, 0.15) is 70.6 Å². The molecular weight excluding hydrogens is 354 g/mol. The van der Waals surface area contributed by atoms with Crippen molar-refractivity contribution >= 4 is 22.8 Å². The lowest BCUT2D eigenvalue weighted by Crippen LogP contribution is -2.23. The molecule has 1 saturated carbocycles. The molecule has 1 aliphatic rings. The second-order valence-electron chi connectivity index (χ2n) is 7.54. The molecule has 1 aromatic carbocycles. The molecule has 0 unspecified atom stereocenters. The Morgan fingerprint density at radius 3 is 2.75 bits per heavy atom. The van der Waals surface area contributed by atoms with Gasteiger partial charge in [0.2, 0.25) is 5.91 Å². The molecule has 0 radical (unpaired) electrons. The van der Waals surface area contributed by atoms with Gasteiger partial charge in [-0.15, -0.1) is 0 Å². The molecule has 0 bridgehead atoms. The van der Waals surface area contributed by atoms with E-state index in [0.717, 1.165) is 35.1 Å². The minimum Gasteiger partial charge on any atom is -0.366 e. The summed E-state index contributed by atoms with van der Waals surface area (Å²) in [5.41, 5.74) is 8.86. The summed E-state index contributed by atoms with van der Waals surface area (Å²) in [5.74, 6) is -0.236. The zero-order valence-corrected chi connectivity index (χ0v) is 16.0. The number of carbonyl (C=O) groups excluding carboxylic acids is 2. The number of nitrogens with two attached hydrogens (primary N) is 1. The molecule has 28 heavy (non-hydrogen) atoms. The minimum atomic E-state index is -0.487. The van der Waals surface area contributed by atoms with Gasteiger partial charge in [-0.2, -0.15) is 5.10 Å². The van der Waals surface area contributed by atoms with Crippen molar-refractivity contribution in [1.82, 2.24) is 20.1 Å². The fourth-order valence-corrected chi connectivity index (χ4v) is 3.30. The van der Waals surface area contributed by atoms with Crippen LogP contribution in [0.25, 0.3) is 11.0 Å². The third-order valence-electron chi connectivity index (χ3n) is 4.98. The number of nitrogens with zero attached hydrogens (tertiary/aromatic N) is 3. The predicted octanol–water partition coefficient (Wildman–Crippen LogP) is 2.92. The molecule has 3 aromatic rings. The van der Waals surface area contributed by atoms with Gasteiger partial charge >= 0.3 is 0 Å². The number of nitrogens with one attached hydrogen (secondary N) is 1. The van der Waals surface area contributed by atoms with Gasteiger partial charge in [-0.05, 0) is 50.5 Å². The first kappa shape index (κ1) is 18.2. The number of hydrogen-bond acceptors (Lipinski definition) is 4. The van der Waals surface area contributed by atoms with E-state index in [4.69, 9.17) is 10.7 Å². The lowest BCUT2D eigenvalue weighted by Gasteiger charge is -2.11. The number of amides is 2. The van der Waals surface area contributed by atoms with Gasteiger partial charge in [-0.3, -0.25) is 9.59 Å². The van der Waals surface area contributed by atoms with Gasteiger partial charge in [0.1, 0.15) is 0 Å². The van der Waals surface area contributed by atoms with Crippen molar-refractivity contribution in [2.75, 3.05) is 0 Å². The molecule has 0 spiro atoms. The van der Waals surface area contributed by atoms with E-state index in [1.165, 1.54) is 0 Å². The highest BCUT2D eigenvalue weighted by molar-refractivity contribution is 6.05. The van der Waals surface area contributed by atoms with Gasteiger partial charge in [-0.25, -0.2) is 9.67 Å². The molecule has 0 aliphatic heterocycles. The van der Waals surface area contributed by atoms with Crippen LogP contribution in [0.3, 0.4) is 0 Å². The van der Waals surface area contributed by atoms with Crippen LogP contribution in [0.2, 0.25) is 0 Å². The lowest BCUT2D eigenvalue weighted by atomic mass is 10.1. The topological polar surface area (TPSA) is 103 Å². The molecule has 7 heteroatoms. The Morgan fingerprint density at radius 2 is 2.07 bits per heavy atom. The molecule has 144 valence electrons. The van der Waals surface area contributed by atoms with Gasteiger partial charge in [0, 0.05) is 29.8 Å². The van der Waals surface area contributed by atoms with Gasteiger partial charge in [0.05, 0.1) is 17.1 Å². The van der Waals surface area contributed by atoms with Crippen molar-refractivity contribution in [1.29, 1.82) is 0 Å². The maximum atomic E-state index is 13.0. The molecule has 2 heterocycles. The summed E-state index contributed by atoms with van der Waals surface area (Å²) in [7, 11) is 0. The average molecular weight is 377 g/mol. The van der Waals surface area contributed by atoms with Gasteiger partial charge in [0.15, 0.2) is 5.65 Å². The van der Waals surface area contributed by atoms with Crippen LogP contribution >= 0.6 is 0 Å². The third kappa shape index (κ3) is 3.47. The van der Waals surface area contributed by atoms with Crippen LogP contribution in [0.5, 0.6) is 0 Å². The average Bonchev–Trinajstić information content (AvgIpc) is 3.44. The van der Waals surface area contributed by atoms with Crippen molar-refractivity contribution < 1.29 is 9.59 Å². The number of benzene rings is 1. The summed E-state index contributed by atoms with van der Waals surface area (Å²) in [5, 5.41) is 8.12. The molecule has 2 amide bonds. The van der Waals surface area contributed by atoms with Crippen LogP contribution < -0.4 is 11.1 Å². The van der Waals surface area contributed by atoms with Crippen molar-refractivity contribution in [3.63, 3.8) is 0 Å². The molecule has 0 saturated heterocycles. The van der Waals surface area contributed by atoms with E-state index in [1.54, 1.807) is 24.4 Å². The Bertz CT molecular complexity index is 1070. The van der Waals surface area contributed by atoms with Crippen molar-refractivity contribution in [2.24, 2.45) is 5.73 Å². The number of carbonyl (C=O) groups is 2. The maximum Gasteiger partial charge on any atom is 0.252 e. The first-order chi connectivity index (χ1) is 13.4. The molecule has 4 rings (SSSR count). The normalized spacial score (nSPS) is 13.8. The number of aromatic nitrogens is 3. The van der Waals surface area contributed by atoms with Gasteiger partial charge < -0.3 is 11.1 Å². The van der Waals surface area contributed by atoms with E-state index >= 15 is 0 Å². The van der Waals surface area contributed by atoms with E-state index in [-0.39, 0.29) is 11.9 Å². The number of primary amides is 1. The zero-order valence-electron chi connectivity index (χ0n) is 16.0. The molecular formula is C21H23N5O2. The van der Waals surface area contributed by atoms with Crippen LogP contribution in [-0.4, -0.2) is 26.6 Å². The van der Waals surface area contributed by atoms with E-state index in [2.05, 4.69) is 10.4 Å². The molecule has 2 aromatic heterocycles. The van der Waals surface area contributed by atoms with E-state index in [0.29, 0.717) is 23.6 Å². The summed E-state index contributed by atoms with van der Waals surface area (Å²) in [6.45, 7) is 4.40. The van der Waals surface area contributed by atoms with E-state index in [1.807, 2.05) is 30.7 Å². The molecule has 1 fully saturated rings. The van der Waals surface area contributed by atoms with Crippen LogP contribution in [0, 0.1) is 0 Å². The Kier molecular flexibility index (Phi) is 4.58. The first-order valence-electron chi connectivity index (χ1n) is 9.49. The smallest absolute Gasteiger partial charge is 0.252 e. The fraction of sp³-hybridized carbons (Fsp3) is 0.333. The SMILES string of the molecule is CC(C)n1ncc2c(C(=O)NCc3cccc(C(N)=O)c3)cc(C3CC3)nc21. The quantitative estimate of drug-likeness (QED) is 0.689. The zero-order chi connectivity index (χ0) is 19.8. The van der Waals surface area contributed by atoms with Gasteiger partial charge in [0.25, 0.3) is 5.91 Å². The Morgan fingerprint density at radius 1 is 1.29 bits per heavy atom. The molecule has 0 atom stereocenters. The molecule has 7 nitrogen and oxygen atoms in total. The highest BCUT2D eigenvalue weighted by Gasteiger charge is 2.28. The maximum absolute atomic E-state index is 13.0. The second-order valence-corrected chi connectivity index (χ2v) is 7.54. The van der Waals surface area contributed by atoms with Crippen molar-refractivity contribution in [2.45, 2.75) is 45.2 Å². The second kappa shape index (κ2) is 7.07. The standard InChI is InChI=1S/C21H23N5O2/c1-12(2)26-20-17(11-24-26)16(9-18(25-20)14-6-7-14)21(28)23-10-13-4-3-5-15(8-13)19(22)27/h3-5,8-9,11-12,14H,6-7,10H2,1-2H3,(H2,22,27)(H,23,28). The van der Waals surface area contributed by atoms with Crippen molar-refractivity contribution in [3.05, 3.63) is 58.9 Å². The molecule has 3 N–H and O–H groups in total. The Balaban J connectivity index is 1.63. The van der Waals surface area contributed by atoms with Gasteiger partial charge in [-0.1, -0.05) is 12.1 Å². The Labute approximate surface area is 162 Å². The monoisotopic (exact) mass is 377 g/mol. The van der Waals surface area contributed by atoms with Crippen LogP contribution in [0.4, 0.5) is 0 Å². The van der Waals surface area contributed by atoms with Crippen LogP contribution in [-0.2, 0) is 6.54 Å². The highest BCUT2D eigenvalue weighted by atomic mass is 16.2. The third-order valence-corrected chi connectivity index (χ3v) is 4.98. The number of fused-ring (bicyclic) bond motifs is 1. The summed E-state index contributed by atoms with van der Waals surface area (Å²) in [4.78, 5) is 29.1. The van der Waals surface area contributed by atoms with Crippen molar-refractivity contribution in [3.8, 4) is 0 Å². The largest absolute Gasteiger partial charge is 0.366 e. The predicted molar refractivity (Wildman–Crippen MR) is 106 cm³/mol. The van der Waals surface area contributed by atoms with E-state index in [9.17, 15) is 9.59 Å². The lowest BCUT2D eigenvalue weighted by molar-refractivity contribution is 0.0951. The summed E-state index contributed by atoms with van der Waals surface area (Å²) >= 11 is 0. The number of pyridine rings is 1. The number of hydrogen-bond donors (Lipinski definition) is 2.